The second-order valence-corrected chi connectivity index (χ2v) is 11.2. The summed E-state index contributed by atoms with van der Waals surface area (Å²) in [4.78, 5) is 29.8. The molecule has 5 rings (SSSR count). The molecule has 204 valence electrons. The number of nitrogens with two attached hydrogens (primary N) is 2. The van der Waals surface area contributed by atoms with Gasteiger partial charge in [0.15, 0.2) is 0 Å². The number of carbonyl (C=O) groups is 1. The van der Waals surface area contributed by atoms with Crippen molar-refractivity contribution in [3.8, 4) is 0 Å². The van der Waals surface area contributed by atoms with E-state index in [1.165, 1.54) is 17.4 Å². The van der Waals surface area contributed by atoms with Crippen molar-refractivity contribution in [2.24, 2.45) is 5.73 Å². The van der Waals surface area contributed by atoms with Gasteiger partial charge in [0.1, 0.15) is 27.2 Å². The molecule has 3 aromatic heterocycles. The lowest BCUT2D eigenvalue weighted by Crippen LogP contribution is -2.39. The largest absolute Gasteiger partial charge is 0.397 e. The third kappa shape index (κ3) is 5.18. The number of methoxy groups -OCH3 is 1. The van der Waals surface area contributed by atoms with Gasteiger partial charge >= 0.3 is 0 Å². The number of carbonyl (C=O) groups excluding carboxylic acids is 1. The average Bonchev–Trinajstić information content (AvgIpc) is 3.42. The highest BCUT2D eigenvalue weighted by molar-refractivity contribution is 7.21. The minimum atomic E-state index is -0.322. The van der Waals surface area contributed by atoms with Gasteiger partial charge < -0.3 is 31.2 Å². The quantitative estimate of drug-likeness (QED) is 0.409. The molecule has 5 N–H and O–H groups in total. The Bertz CT molecular complexity index is 1370. The number of thiophene rings is 1. The number of amides is 1. The number of halogens is 1. The van der Waals surface area contributed by atoms with Crippen molar-refractivity contribution in [2.45, 2.75) is 64.3 Å². The van der Waals surface area contributed by atoms with Crippen LogP contribution in [-0.4, -0.2) is 72.0 Å². The summed E-state index contributed by atoms with van der Waals surface area (Å²) in [6, 6.07) is 1.04. The summed E-state index contributed by atoms with van der Waals surface area (Å²) < 4.78 is 26.5. The van der Waals surface area contributed by atoms with Crippen molar-refractivity contribution in [1.82, 2.24) is 20.3 Å². The Morgan fingerprint density at radius 2 is 2.11 bits per heavy atom. The molecule has 1 saturated heterocycles. The van der Waals surface area contributed by atoms with E-state index in [-0.39, 0.29) is 36.0 Å². The summed E-state index contributed by atoms with van der Waals surface area (Å²) in [7, 11) is 1.64. The molecule has 0 aromatic carbocycles. The fourth-order valence-corrected chi connectivity index (χ4v) is 6.28. The fourth-order valence-electron chi connectivity index (χ4n) is 5.18. The summed E-state index contributed by atoms with van der Waals surface area (Å²) in [5, 5.41) is 3.76. The van der Waals surface area contributed by atoms with Crippen LogP contribution < -0.4 is 21.7 Å². The maximum atomic E-state index is 15.3. The first-order valence-corrected chi connectivity index (χ1v) is 13.6. The van der Waals surface area contributed by atoms with Crippen LogP contribution in [0.3, 0.4) is 0 Å². The van der Waals surface area contributed by atoms with E-state index < -0.39 is 0 Å². The van der Waals surface area contributed by atoms with Crippen LogP contribution in [0.15, 0.2) is 6.07 Å². The number of nitrogen functional groups attached to an aromatic ring is 1. The first-order valence-electron chi connectivity index (χ1n) is 12.8. The first kappa shape index (κ1) is 26.7. The molecule has 3 aromatic rings. The number of hydrogen-bond donors (Lipinski definition) is 3. The van der Waals surface area contributed by atoms with Gasteiger partial charge in [-0.15, -0.1) is 11.3 Å². The van der Waals surface area contributed by atoms with Crippen molar-refractivity contribution in [3.05, 3.63) is 39.5 Å². The minimum Gasteiger partial charge on any atom is -0.397 e. The van der Waals surface area contributed by atoms with Crippen LogP contribution in [0.5, 0.6) is 0 Å². The monoisotopic (exact) mass is 543 g/mol. The van der Waals surface area contributed by atoms with Gasteiger partial charge in [-0.25, -0.2) is 19.3 Å². The maximum absolute atomic E-state index is 15.3. The number of pyridine rings is 1. The van der Waals surface area contributed by atoms with Crippen molar-refractivity contribution < 1.29 is 18.7 Å². The first-order chi connectivity index (χ1) is 18.1. The molecule has 4 atom stereocenters. The zero-order chi connectivity index (χ0) is 27.1. The zero-order valence-electron chi connectivity index (χ0n) is 22.1. The van der Waals surface area contributed by atoms with Crippen molar-refractivity contribution in [1.29, 1.82) is 0 Å². The van der Waals surface area contributed by atoms with Crippen LogP contribution >= 0.6 is 11.3 Å². The number of aryl methyl sites for hydroxylation is 3. The van der Waals surface area contributed by atoms with E-state index in [2.05, 4.69) is 15.3 Å². The fraction of sp³-hybridized carbons (Fsp3) is 0.538. The molecular formula is C26H34FN7O3S. The number of hydrogen-bond acceptors (Lipinski definition) is 10. The van der Waals surface area contributed by atoms with Gasteiger partial charge in [-0.1, -0.05) is 0 Å². The van der Waals surface area contributed by atoms with E-state index in [0.29, 0.717) is 76.9 Å². The molecular weight excluding hydrogens is 509 g/mol. The molecule has 1 aliphatic heterocycles. The molecule has 4 heterocycles. The van der Waals surface area contributed by atoms with Crippen LogP contribution in [0.1, 0.15) is 45.8 Å². The Morgan fingerprint density at radius 1 is 1.32 bits per heavy atom. The van der Waals surface area contributed by atoms with Crippen LogP contribution in [0.2, 0.25) is 0 Å². The van der Waals surface area contributed by atoms with Crippen molar-refractivity contribution in [2.75, 3.05) is 37.4 Å². The van der Waals surface area contributed by atoms with Crippen molar-refractivity contribution >= 4 is 39.0 Å². The molecule has 4 unspecified atom stereocenters. The average molecular weight is 544 g/mol. The van der Waals surface area contributed by atoms with Crippen LogP contribution in [0.4, 0.5) is 15.9 Å². The topological polar surface area (TPSA) is 142 Å². The van der Waals surface area contributed by atoms with Gasteiger partial charge in [0, 0.05) is 43.6 Å². The Balaban J connectivity index is 1.27. The minimum absolute atomic E-state index is 0.0266. The molecule has 38 heavy (non-hydrogen) atoms. The lowest BCUT2D eigenvalue weighted by molar-refractivity contribution is -0.0166. The van der Waals surface area contributed by atoms with E-state index in [4.69, 9.17) is 25.9 Å². The Labute approximate surface area is 224 Å². The molecule has 12 heteroatoms. The van der Waals surface area contributed by atoms with E-state index in [9.17, 15) is 4.79 Å². The summed E-state index contributed by atoms with van der Waals surface area (Å²) in [6.07, 6.45) is 1.37. The summed E-state index contributed by atoms with van der Waals surface area (Å²) >= 11 is 1.25. The smallest absolute Gasteiger partial charge is 0.263 e. The second kappa shape index (κ2) is 10.7. The lowest BCUT2D eigenvalue weighted by atomic mass is 9.91. The molecule has 0 spiro atoms. The third-order valence-electron chi connectivity index (χ3n) is 7.33. The second-order valence-electron chi connectivity index (χ2n) is 10.2. The van der Waals surface area contributed by atoms with Gasteiger partial charge in [0.05, 0.1) is 41.6 Å². The van der Waals surface area contributed by atoms with Crippen LogP contribution in [-0.2, 0) is 22.3 Å². The molecule has 0 saturated carbocycles. The van der Waals surface area contributed by atoms with E-state index in [1.807, 2.05) is 25.7 Å². The highest BCUT2D eigenvalue weighted by atomic mass is 32.1. The zero-order valence-corrected chi connectivity index (χ0v) is 22.9. The Morgan fingerprint density at radius 3 is 2.87 bits per heavy atom. The molecule has 1 fully saturated rings. The third-order valence-corrected chi connectivity index (χ3v) is 8.42. The van der Waals surface area contributed by atoms with Gasteiger partial charge in [0.2, 0.25) is 0 Å². The molecule has 10 nitrogen and oxygen atoms in total. The highest BCUT2D eigenvalue weighted by Gasteiger charge is 2.34. The summed E-state index contributed by atoms with van der Waals surface area (Å²) in [5.41, 5.74) is 15.0. The molecule has 2 aliphatic rings. The van der Waals surface area contributed by atoms with Gasteiger partial charge in [-0.2, -0.15) is 0 Å². The van der Waals surface area contributed by atoms with E-state index in [0.717, 1.165) is 11.4 Å². The maximum Gasteiger partial charge on any atom is 0.263 e. The standard InChI is InChI=1S/C26H34FN7O3S/c1-12(36-4)11-37-20-10-34(9-18(20)28)21-8-17(27)16-7-15(5-6-19(16)33-21)32-25(35)24-23(29)22-13(2)30-14(3)31-26(22)38-24/h8,12,15,18,20H,5-7,9-11,28-29H2,1-4H3,(H,32,35). The predicted molar refractivity (Wildman–Crippen MR) is 145 cm³/mol. The SMILES string of the molecule is COC(C)COC1CN(c2cc(F)c3c(n2)CCC(NC(=O)c2sc4nc(C)nc(C)c4c2N)C3)CC1N. The number of fused-ring (bicyclic) bond motifs is 2. The van der Waals surface area contributed by atoms with E-state index >= 15 is 4.39 Å². The molecule has 1 amide bonds. The van der Waals surface area contributed by atoms with Gasteiger partial charge in [0.25, 0.3) is 5.91 Å². The summed E-state index contributed by atoms with van der Waals surface area (Å²) in [6.45, 7) is 7.12. The number of anilines is 2. The Hall–Kier alpha value is -2.93. The lowest BCUT2D eigenvalue weighted by Gasteiger charge is -2.27. The van der Waals surface area contributed by atoms with Crippen molar-refractivity contribution in [3.63, 3.8) is 0 Å². The van der Waals surface area contributed by atoms with Gasteiger partial charge in [-0.05, 0) is 40.0 Å². The number of nitrogens with zero attached hydrogens (tertiary/aromatic N) is 4. The highest BCUT2D eigenvalue weighted by Crippen LogP contribution is 2.34. The van der Waals surface area contributed by atoms with Crippen LogP contribution in [0.25, 0.3) is 10.2 Å². The predicted octanol–water partition coefficient (Wildman–Crippen LogP) is 2.28. The molecule has 0 bridgehead atoms. The number of aromatic nitrogens is 3. The number of ether oxygens (including phenoxy) is 2. The molecule has 0 radical (unpaired) electrons. The van der Waals surface area contributed by atoms with Gasteiger partial charge in [-0.3, -0.25) is 4.79 Å². The number of nitrogens with one attached hydrogen (secondary N) is 1. The molecule has 1 aliphatic carbocycles. The van der Waals surface area contributed by atoms with E-state index in [1.54, 1.807) is 7.11 Å². The summed E-state index contributed by atoms with van der Waals surface area (Å²) in [5.74, 6) is 0.600. The number of rotatable bonds is 7. The Kier molecular flexibility index (Phi) is 7.49. The normalized spacial score (nSPS) is 22.1. The van der Waals surface area contributed by atoms with Crippen LogP contribution in [0, 0.1) is 19.7 Å².